The van der Waals surface area contributed by atoms with Crippen LogP contribution in [0, 0.1) is 0 Å². The number of methoxy groups -OCH3 is 2. The normalized spacial score (nSPS) is 10.3. The first-order valence-corrected chi connectivity index (χ1v) is 7.44. The summed E-state index contributed by atoms with van der Waals surface area (Å²) in [6.07, 6.45) is 0.887. The number of rotatable bonds is 10. The molecule has 0 aliphatic carbocycles. The number of carbonyl (C=O) groups is 1. The summed E-state index contributed by atoms with van der Waals surface area (Å²) in [6.45, 7) is 4.19. The van der Waals surface area contributed by atoms with Gasteiger partial charge in [0.25, 0.3) is 0 Å². The van der Waals surface area contributed by atoms with Crippen molar-refractivity contribution in [2.45, 2.75) is 13.3 Å². The zero-order valence-electron chi connectivity index (χ0n) is 13.6. The van der Waals surface area contributed by atoms with Crippen molar-refractivity contribution in [3.05, 3.63) is 29.8 Å². The Balaban J connectivity index is 2.44. The van der Waals surface area contributed by atoms with Gasteiger partial charge in [-0.1, -0.05) is 25.1 Å². The standard InChI is InChI=1S/C16H26N2O4/c1-4-14-7-5-6-8-15(14)22-13-17-16(19)18(9-11-20-2)10-12-21-3/h5-8H,4,9-13H2,1-3H3,(H,17,19). The lowest BCUT2D eigenvalue weighted by Gasteiger charge is -2.22. The summed E-state index contributed by atoms with van der Waals surface area (Å²) >= 11 is 0. The summed E-state index contributed by atoms with van der Waals surface area (Å²) < 4.78 is 15.7. The first kappa shape index (κ1) is 18.3. The molecule has 1 N–H and O–H groups in total. The van der Waals surface area contributed by atoms with Gasteiger partial charge in [0, 0.05) is 27.3 Å². The average molecular weight is 310 g/mol. The van der Waals surface area contributed by atoms with Crippen molar-refractivity contribution >= 4 is 6.03 Å². The van der Waals surface area contributed by atoms with Crippen LogP contribution in [0.2, 0.25) is 0 Å². The topological polar surface area (TPSA) is 60.0 Å². The Morgan fingerprint density at radius 3 is 2.36 bits per heavy atom. The summed E-state index contributed by atoms with van der Waals surface area (Å²) in [7, 11) is 3.22. The van der Waals surface area contributed by atoms with Crippen molar-refractivity contribution in [1.82, 2.24) is 10.2 Å². The van der Waals surface area contributed by atoms with Gasteiger partial charge in [-0.25, -0.2) is 4.79 Å². The van der Waals surface area contributed by atoms with E-state index in [4.69, 9.17) is 14.2 Å². The lowest BCUT2D eigenvalue weighted by molar-refractivity contribution is 0.119. The second-order valence-electron chi connectivity index (χ2n) is 4.70. The van der Waals surface area contributed by atoms with Crippen molar-refractivity contribution < 1.29 is 19.0 Å². The van der Waals surface area contributed by atoms with E-state index in [0.717, 1.165) is 17.7 Å². The van der Waals surface area contributed by atoms with Crippen LogP contribution in [0.4, 0.5) is 4.79 Å². The monoisotopic (exact) mass is 310 g/mol. The van der Waals surface area contributed by atoms with Crippen LogP contribution < -0.4 is 10.1 Å². The van der Waals surface area contributed by atoms with Crippen molar-refractivity contribution in [1.29, 1.82) is 0 Å². The predicted octanol–water partition coefficient (Wildman–Crippen LogP) is 1.89. The Morgan fingerprint density at radius 1 is 1.14 bits per heavy atom. The first-order chi connectivity index (χ1) is 10.7. The lowest BCUT2D eigenvalue weighted by atomic mass is 10.1. The van der Waals surface area contributed by atoms with E-state index in [9.17, 15) is 4.79 Å². The van der Waals surface area contributed by atoms with E-state index < -0.39 is 0 Å². The molecule has 0 atom stereocenters. The fourth-order valence-corrected chi connectivity index (χ4v) is 1.94. The number of nitrogens with one attached hydrogen (secondary N) is 1. The minimum atomic E-state index is -0.192. The van der Waals surface area contributed by atoms with E-state index in [1.165, 1.54) is 0 Å². The quantitative estimate of drug-likeness (QED) is 0.671. The van der Waals surface area contributed by atoms with Crippen LogP contribution in [0.15, 0.2) is 24.3 Å². The second-order valence-corrected chi connectivity index (χ2v) is 4.70. The third-order valence-electron chi connectivity index (χ3n) is 3.22. The zero-order chi connectivity index (χ0) is 16.2. The maximum absolute atomic E-state index is 12.1. The summed E-state index contributed by atoms with van der Waals surface area (Å²) in [6, 6.07) is 7.61. The van der Waals surface area contributed by atoms with Gasteiger partial charge >= 0.3 is 6.03 Å². The van der Waals surface area contributed by atoms with E-state index in [1.807, 2.05) is 24.3 Å². The molecule has 0 aliphatic heterocycles. The summed E-state index contributed by atoms with van der Waals surface area (Å²) in [5.41, 5.74) is 1.12. The highest BCUT2D eigenvalue weighted by molar-refractivity contribution is 5.74. The molecule has 1 rings (SSSR count). The Labute approximate surface area is 132 Å². The largest absolute Gasteiger partial charge is 0.473 e. The maximum atomic E-state index is 12.1. The van der Waals surface area contributed by atoms with E-state index in [0.29, 0.717) is 26.3 Å². The van der Waals surface area contributed by atoms with Gasteiger partial charge in [-0.3, -0.25) is 0 Å². The maximum Gasteiger partial charge on any atom is 0.320 e. The van der Waals surface area contributed by atoms with Gasteiger partial charge in [0.15, 0.2) is 6.73 Å². The van der Waals surface area contributed by atoms with Gasteiger partial charge < -0.3 is 24.4 Å². The smallest absolute Gasteiger partial charge is 0.320 e. The molecule has 0 heterocycles. The highest BCUT2D eigenvalue weighted by atomic mass is 16.5. The third kappa shape index (κ3) is 6.32. The Hall–Kier alpha value is -1.79. The fraction of sp³-hybridized carbons (Fsp3) is 0.562. The van der Waals surface area contributed by atoms with Gasteiger partial charge in [0.05, 0.1) is 13.2 Å². The van der Waals surface area contributed by atoms with Crippen LogP contribution >= 0.6 is 0 Å². The van der Waals surface area contributed by atoms with Crippen molar-refractivity contribution in [3.63, 3.8) is 0 Å². The van der Waals surface area contributed by atoms with Gasteiger partial charge in [0.2, 0.25) is 0 Å². The molecule has 6 nitrogen and oxygen atoms in total. The molecule has 0 aromatic heterocycles. The Kier molecular flexibility index (Phi) is 9.02. The highest BCUT2D eigenvalue weighted by Crippen LogP contribution is 2.17. The predicted molar refractivity (Wildman–Crippen MR) is 85.2 cm³/mol. The molecule has 0 radical (unpaired) electrons. The van der Waals surface area contributed by atoms with Gasteiger partial charge in [-0.05, 0) is 18.1 Å². The van der Waals surface area contributed by atoms with Crippen LogP contribution in [0.3, 0.4) is 0 Å². The van der Waals surface area contributed by atoms with E-state index in [1.54, 1.807) is 19.1 Å². The number of hydrogen-bond acceptors (Lipinski definition) is 4. The van der Waals surface area contributed by atoms with Gasteiger partial charge in [0.1, 0.15) is 5.75 Å². The number of ether oxygens (including phenoxy) is 3. The average Bonchev–Trinajstić information content (AvgIpc) is 2.55. The molecule has 0 saturated carbocycles. The van der Waals surface area contributed by atoms with Crippen molar-refractivity contribution in [2.24, 2.45) is 0 Å². The zero-order valence-corrected chi connectivity index (χ0v) is 13.6. The summed E-state index contributed by atoms with van der Waals surface area (Å²) in [4.78, 5) is 13.8. The number of amides is 2. The van der Waals surface area contributed by atoms with Crippen LogP contribution in [-0.4, -0.2) is 58.2 Å². The summed E-state index contributed by atoms with van der Waals surface area (Å²) in [5, 5.41) is 2.75. The molecule has 124 valence electrons. The molecule has 2 amide bonds. The number of para-hydroxylation sites is 1. The van der Waals surface area contributed by atoms with E-state index >= 15 is 0 Å². The molecule has 0 fully saturated rings. The number of nitrogens with zero attached hydrogens (tertiary/aromatic N) is 1. The fourth-order valence-electron chi connectivity index (χ4n) is 1.94. The molecular weight excluding hydrogens is 284 g/mol. The summed E-state index contributed by atoms with van der Waals surface area (Å²) in [5.74, 6) is 0.797. The van der Waals surface area contributed by atoms with Gasteiger partial charge in [-0.2, -0.15) is 0 Å². The molecule has 1 aromatic rings. The first-order valence-electron chi connectivity index (χ1n) is 7.44. The van der Waals surface area contributed by atoms with E-state index in [2.05, 4.69) is 12.2 Å². The minimum absolute atomic E-state index is 0.131. The van der Waals surface area contributed by atoms with E-state index in [-0.39, 0.29) is 12.8 Å². The van der Waals surface area contributed by atoms with Crippen LogP contribution in [0.25, 0.3) is 0 Å². The van der Waals surface area contributed by atoms with Crippen LogP contribution in [-0.2, 0) is 15.9 Å². The number of carbonyl (C=O) groups excluding carboxylic acids is 1. The molecule has 0 saturated heterocycles. The third-order valence-corrected chi connectivity index (χ3v) is 3.22. The molecule has 0 aliphatic rings. The molecule has 0 bridgehead atoms. The van der Waals surface area contributed by atoms with Crippen molar-refractivity contribution in [3.8, 4) is 5.75 Å². The highest BCUT2D eigenvalue weighted by Gasteiger charge is 2.12. The minimum Gasteiger partial charge on any atom is -0.473 e. The molecule has 22 heavy (non-hydrogen) atoms. The molecule has 0 unspecified atom stereocenters. The Bertz CT molecular complexity index is 432. The molecule has 0 spiro atoms. The lowest BCUT2D eigenvalue weighted by Crippen LogP contribution is -2.44. The number of benzene rings is 1. The number of urea groups is 1. The van der Waals surface area contributed by atoms with Crippen LogP contribution in [0.5, 0.6) is 5.75 Å². The molecule has 1 aromatic carbocycles. The Morgan fingerprint density at radius 2 is 1.77 bits per heavy atom. The van der Waals surface area contributed by atoms with Crippen LogP contribution in [0.1, 0.15) is 12.5 Å². The molecule has 6 heteroatoms. The van der Waals surface area contributed by atoms with Crippen molar-refractivity contribution in [2.75, 3.05) is 47.3 Å². The molecular formula is C16H26N2O4. The SMILES string of the molecule is CCc1ccccc1OCNC(=O)N(CCOC)CCOC. The second kappa shape index (κ2) is 10.9. The number of aryl methyl sites for hydroxylation is 1. The number of hydrogen-bond donors (Lipinski definition) is 1. The van der Waals surface area contributed by atoms with Gasteiger partial charge in [-0.15, -0.1) is 0 Å².